The summed E-state index contributed by atoms with van der Waals surface area (Å²) in [6, 6.07) is 0. The molecule has 1 unspecified atom stereocenters. The molecule has 4 nitrogen and oxygen atoms in total. The summed E-state index contributed by atoms with van der Waals surface area (Å²) in [4.78, 5) is 13.8. The van der Waals surface area contributed by atoms with Gasteiger partial charge in [-0.15, -0.1) is 0 Å². The van der Waals surface area contributed by atoms with Gasteiger partial charge in [-0.2, -0.15) is 0 Å². The van der Waals surface area contributed by atoms with Crippen LogP contribution in [0.2, 0.25) is 0 Å². The van der Waals surface area contributed by atoms with Crippen LogP contribution in [0.25, 0.3) is 0 Å². The molecule has 0 spiro atoms. The van der Waals surface area contributed by atoms with Crippen LogP contribution < -0.4 is 11.1 Å². The van der Waals surface area contributed by atoms with E-state index in [1.54, 1.807) is 0 Å². The molecule has 0 aromatic heterocycles. The lowest BCUT2D eigenvalue weighted by Gasteiger charge is -2.13. The molecule has 0 aliphatic heterocycles. The Hall–Kier alpha value is -0.680. The summed E-state index contributed by atoms with van der Waals surface area (Å²) in [5, 5.41) is 2.82. The van der Waals surface area contributed by atoms with Crippen LogP contribution in [-0.4, -0.2) is 43.0 Å². The molecule has 0 aromatic rings. The molecule has 5 heteroatoms. The van der Waals surface area contributed by atoms with Gasteiger partial charge in [0.15, 0.2) is 0 Å². The number of nitrogens with one attached hydrogen (secondary N) is 1. The highest BCUT2D eigenvalue weighted by molar-refractivity contribution is 7.80. The van der Waals surface area contributed by atoms with Crippen molar-refractivity contribution in [2.45, 2.75) is 13.3 Å². The van der Waals surface area contributed by atoms with Crippen molar-refractivity contribution >= 4 is 23.1 Å². The summed E-state index contributed by atoms with van der Waals surface area (Å²) < 4.78 is 0. The van der Waals surface area contributed by atoms with E-state index in [4.69, 9.17) is 18.0 Å². The number of hydrogen-bond donors (Lipinski definition) is 2. The molecule has 0 saturated heterocycles. The predicted molar refractivity (Wildman–Crippen MR) is 62.1 cm³/mol. The van der Waals surface area contributed by atoms with Crippen molar-refractivity contribution in [2.75, 3.05) is 27.2 Å². The van der Waals surface area contributed by atoms with Crippen molar-refractivity contribution in [3.05, 3.63) is 0 Å². The number of likely N-dealkylation sites (N-methyl/N-ethyl adjacent to an activating group) is 1. The van der Waals surface area contributed by atoms with E-state index in [0.717, 1.165) is 6.54 Å². The number of carbonyl (C=O) groups excluding carboxylic acids is 1. The molecule has 3 N–H and O–H groups in total. The maximum Gasteiger partial charge on any atom is 0.223 e. The molecule has 1 amide bonds. The largest absolute Gasteiger partial charge is 0.393 e. The molecule has 82 valence electrons. The van der Waals surface area contributed by atoms with Gasteiger partial charge in [0.2, 0.25) is 5.91 Å². The number of nitrogens with zero attached hydrogens (tertiary/aromatic N) is 1. The highest BCUT2D eigenvalue weighted by atomic mass is 32.1. The zero-order valence-corrected chi connectivity index (χ0v) is 9.86. The van der Waals surface area contributed by atoms with Gasteiger partial charge in [0.25, 0.3) is 0 Å². The molecular weight excluding hydrogens is 198 g/mol. The van der Waals surface area contributed by atoms with Gasteiger partial charge in [0, 0.05) is 25.4 Å². The summed E-state index contributed by atoms with van der Waals surface area (Å²) in [7, 11) is 3.93. The Kier molecular flexibility index (Phi) is 6.40. The van der Waals surface area contributed by atoms with Crippen LogP contribution in [0.3, 0.4) is 0 Å². The van der Waals surface area contributed by atoms with E-state index < -0.39 is 0 Å². The van der Waals surface area contributed by atoms with Crippen LogP contribution in [0.4, 0.5) is 0 Å². The average molecular weight is 217 g/mol. The lowest BCUT2D eigenvalue weighted by molar-refractivity contribution is -0.124. The molecule has 0 heterocycles. The number of amides is 1. The van der Waals surface area contributed by atoms with E-state index in [2.05, 4.69) is 5.32 Å². The number of nitrogens with two attached hydrogens (primary N) is 1. The van der Waals surface area contributed by atoms with Gasteiger partial charge < -0.3 is 16.0 Å². The molecule has 0 rings (SSSR count). The van der Waals surface area contributed by atoms with E-state index in [-0.39, 0.29) is 11.8 Å². The zero-order chi connectivity index (χ0) is 11.1. The zero-order valence-electron chi connectivity index (χ0n) is 9.04. The second-order valence-electron chi connectivity index (χ2n) is 3.67. The summed E-state index contributed by atoms with van der Waals surface area (Å²) in [5.41, 5.74) is 5.35. The van der Waals surface area contributed by atoms with Gasteiger partial charge in [-0.05, 0) is 14.1 Å². The molecule has 0 aliphatic carbocycles. The van der Waals surface area contributed by atoms with E-state index in [0.29, 0.717) is 18.0 Å². The molecule has 0 aromatic carbocycles. The molecule has 0 saturated carbocycles. The predicted octanol–water partition coefficient (Wildman–Crippen LogP) is -0.0235. The maximum atomic E-state index is 11.4. The van der Waals surface area contributed by atoms with Crippen molar-refractivity contribution in [1.82, 2.24) is 10.2 Å². The first kappa shape index (κ1) is 13.3. The van der Waals surface area contributed by atoms with E-state index in [1.807, 2.05) is 25.9 Å². The van der Waals surface area contributed by atoms with Crippen molar-refractivity contribution in [3.63, 3.8) is 0 Å². The van der Waals surface area contributed by atoms with E-state index >= 15 is 0 Å². The van der Waals surface area contributed by atoms with Crippen molar-refractivity contribution in [2.24, 2.45) is 11.7 Å². The molecule has 0 radical (unpaired) electrons. The molecule has 0 bridgehead atoms. The van der Waals surface area contributed by atoms with Crippen molar-refractivity contribution in [1.29, 1.82) is 0 Å². The van der Waals surface area contributed by atoms with Crippen LogP contribution in [0, 0.1) is 5.92 Å². The van der Waals surface area contributed by atoms with Crippen molar-refractivity contribution < 1.29 is 4.79 Å². The van der Waals surface area contributed by atoms with Gasteiger partial charge in [0.05, 0.1) is 4.99 Å². The van der Waals surface area contributed by atoms with Gasteiger partial charge >= 0.3 is 0 Å². The van der Waals surface area contributed by atoms with E-state index in [1.165, 1.54) is 0 Å². The molecule has 14 heavy (non-hydrogen) atoms. The highest BCUT2D eigenvalue weighted by Crippen LogP contribution is 2.00. The van der Waals surface area contributed by atoms with Crippen LogP contribution in [0.5, 0.6) is 0 Å². The summed E-state index contributed by atoms with van der Waals surface area (Å²) in [6.07, 6.45) is 0.475. The fourth-order valence-corrected chi connectivity index (χ4v) is 1.22. The Morgan fingerprint density at radius 2 is 2.14 bits per heavy atom. The smallest absolute Gasteiger partial charge is 0.223 e. The third-order valence-electron chi connectivity index (χ3n) is 1.81. The van der Waals surface area contributed by atoms with Crippen LogP contribution >= 0.6 is 12.2 Å². The SMILES string of the molecule is CC(CC(N)=S)C(=O)NCCN(C)C. The third-order valence-corrected chi connectivity index (χ3v) is 1.98. The Morgan fingerprint density at radius 3 is 2.57 bits per heavy atom. The van der Waals surface area contributed by atoms with Gasteiger partial charge in [-0.1, -0.05) is 19.1 Å². The molecule has 0 fully saturated rings. The topological polar surface area (TPSA) is 58.4 Å². The van der Waals surface area contributed by atoms with E-state index in [9.17, 15) is 4.79 Å². The molecular formula is C9H19N3OS. The van der Waals surface area contributed by atoms with Crippen LogP contribution in [0.1, 0.15) is 13.3 Å². The summed E-state index contributed by atoms with van der Waals surface area (Å²) in [5.74, 6) is -0.116. The fourth-order valence-electron chi connectivity index (χ4n) is 0.971. The Morgan fingerprint density at radius 1 is 1.57 bits per heavy atom. The van der Waals surface area contributed by atoms with Gasteiger partial charge in [-0.25, -0.2) is 0 Å². The summed E-state index contributed by atoms with van der Waals surface area (Å²) >= 11 is 4.73. The van der Waals surface area contributed by atoms with Crippen molar-refractivity contribution in [3.8, 4) is 0 Å². The van der Waals surface area contributed by atoms with Gasteiger partial charge in [-0.3, -0.25) is 4.79 Å². The minimum absolute atomic E-state index is 0.0136. The normalized spacial score (nSPS) is 12.6. The standard InChI is InChI=1S/C9H19N3OS/c1-7(6-8(10)14)9(13)11-4-5-12(2)3/h7H,4-6H2,1-3H3,(H2,10,14)(H,11,13). The number of carbonyl (C=O) groups is 1. The first-order valence-corrected chi connectivity index (χ1v) is 5.05. The number of hydrogen-bond acceptors (Lipinski definition) is 3. The summed E-state index contributed by atoms with van der Waals surface area (Å²) in [6.45, 7) is 3.32. The molecule has 0 aliphatic rings. The first-order chi connectivity index (χ1) is 6.43. The number of thiocarbonyl (C=S) groups is 1. The minimum atomic E-state index is -0.130. The third kappa shape index (κ3) is 6.80. The fraction of sp³-hybridized carbons (Fsp3) is 0.778. The van der Waals surface area contributed by atoms with Gasteiger partial charge in [0.1, 0.15) is 0 Å². The van der Waals surface area contributed by atoms with Crippen LogP contribution in [0.15, 0.2) is 0 Å². The first-order valence-electron chi connectivity index (χ1n) is 4.64. The highest BCUT2D eigenvalue weighted by Gasteiger charge is 2.12. The number of rotatable bonds is 6. The monoisotopic (exact) mass is 217 g/mol. The lowest BCUT2D eigenvalue weighted by atomic mass is 10.1. The maximum absolute atomic E-state index is 11.4. The Labute approximate surface area is 90.8 Å². The second-order valence-corrected chi connectivity index (χ2v) is 4.19. The van der Waals surface area contributed by atoms with Crippen LogP contribution in [-0.2, 0) is 4.79 Å². The second kappa shape index (κ2) is 6.73. The average Bonchev–Trinajstić information content (AvgIpc) is 2.01. The lowest BCUT2D eigenvalue weighted by Crippen LogP contribution is -2.35. The quantitative estimate of drug-likeness (QED) is 0.614. The Bertz CT molecular complexity index is 206. The minimum Gasteiger partial charge on any atom is -0.393 e. The Balaban J connectivity index is 3.67. The molecule has 1 atom stereocenters.